The monoisotopic (exact) mass is 347 g/mol. The molecule has 0 spiro atoms. The van der Waals surface area contributed by atoms with Crippen LogP contribution in [0.4, 0.5) is 4.39 Å². The van der Waals surface area contributed by atoms with Gasteiger partial charge in [-0.3, -0.25) is 4.79 Å². The molecule has 0 aliphatic carbocycles. The highest BCUT2D eigenvalue weighted by Crippen LogP contribution is 2.24. The topological polar surface area (TPSA) is 68.5 Å². The summed E-state index contributed by atoms with van der Waals surface area (Å²) in [4.78, 5) is 14.4. The van der Waals surface area contributed by atoms with Gasteiger partial charge in [0.15, 0.2) is 0 Å². The van der Waals surface area contributed by atoms with E-state index in [4.69, 9.17) is 4.74 Å². The molecule has 1 aliphatic rings. The second-order valence-electron chi connectivity index (χ2n) is 6.47. The third-order valence-electron chi connectivity index (χ3n) is 4.80. The fourth-order valence-electron chi connectivity index (χ4n) is 3.33. The Labute approximate surface area is 145 Å². The van der Waals surface area contributed by atoms with E-state index in [1.54, 1.807) is 26.2 Å². The van der Waals surface area contributed by atoms with Gasteiger partial charge in [0.1, 0.15) is 17.2 Å². The van der Waals surface area contributed by atoms with E-state index in [-0.39, 0.29) is 30.2 Å². The fourth-order valence-corrected chi connectivity index (χ4v) is 3.33. The van der Waals surface area contributed by atoms with Gasteiger partial charge in [-0.2, -0.15) is 0 Å². The van der Waals surface area contributed by atoms with Crippen molar-refractivity contribution in [2.75, 3.05) is 20.2 Å². The van der Waals surface area contributed by atoms with Crippen molar-refractivity contribution >= 4 is 5.91 Å². The summed E-state index contributed by atoms with van der Waals surface area (Å²) in [5.41, 5.74) is 2.26. The number of amides is 1. The Kier molecular flexibility index (Phi) is 5.43. The Balaban J connectivity index is 1.66. The number of rotatable bonds is 5. The number of aryl methyl sites for hydroxylation is 1. The summed E-state index contributed by atoms with van der Waals surface area (Å²) < 4.78 is 23.4. The van der Waals surface area contributed by atoms with E-state index in [0.29, 0.717) is 24.5 Å². The number of carbonyl (C=O) groups is 1. The van der Waals surface area contributed by atoms with Crippen molar-refractivity contribution in [2.24, 2.45) is 5.92 Å². The van der Waals surface area contributed by atoms with Crippen LogP contribution in [0.15, 0.2) is 28.9 Å². The number of aromatic nitrogens is 2. The molecule has 7 heteroatoms. The number of carbonyl (C=O) groups excluding carboxylic acids is 1. The maximum atomic E-state index is 13.1. The van der Waals surface area contributed by atoms with E-state index >= 15 is 0 Å². The Morgan fingerprint density at radius 3 is 2.76 bits per heavy atom. The molecule has 0 bridgehead atoms. The summed E-state index contributed by atoms with van der Waals surface area (Å²) in [7, 11) is 1.70. The highest BCUT2D eigenvalue weighted by atomic mass is 19.1. The average Bonchev–Trinajstić information content (AvgIpc) is 3.01. The number of benzene rings is 1. The van der Waals surface area contributed by atoms with Gasteiger partial charge in [-0.25, -0.2) is 9.02 Å². The average molecular weight is 347 g/mol. The van der Waals surface area contributed by atoms with Gasteiger partial charge in [-0.15, -0.1) is 0 Å². The third-order valence-corrected chi connectivity index (χ3v) is 4.80. The van der Waals surface area contributed by atoms with E-state index in [1.165, 1.54) is 12.1 Å². The SMILES string of the molecule is CO[C@@H]1CCN(C(=O)Cc2nonc2C)C[C@H]1Cc1ccc(F)cc1. The van der Waals surface area contributed by atoms with Gasteiger partial charge in [0.25, 0.3) is 0 Å². The number of hydrogen-bond donors (Lipinski definition) is 0. The molecule has 0 saturated carbocycles. The molecule has 1 aromatic heterocycles. The van der Waals surface area contributed by atoms with Gasteiger partial charge < -0.3 is 9.64 Å². The lowest BCUT2D eigenvalue weighted by Crippen LogP contribution is -2.47. The second-order valence-corrected chi connectivity index (χ2v) is 6.47. The maximum Gasteiger partial charge on any atom is 0.228 e. The number of hydrogen-bond acceptors (Lipinski definition) is 5. The largest absolute Gasteiger partial charge is 0.381 e. The van der Waals surface area contributed by atoms with Crippen LogP contribution >= 0.6 is 0 Å². The first-order chi connectivity index (χ1) is 12.1. The summed E-state index contributed by atoms with van der Waals surface area (Å²) >= 11 is 0. The molecular weight excluding hydrogens is 325 g/mol. The smallest absolute Gasteiger partial charge is 0.228 e. The van der Waals surface area contributed by atoms with Crippen molar-refractivity contribution in [3.63, 3.8) is 0 Å². The summed E-state index contributed by atoms with van der Waals surface area (Å²) in [6, 6.07) is 6.49. The zero-order valence-electron chi connectivity index (χ0n) is 14.4. The fraction of sp³-hybridized carbons (Fsp3) is 0.500. The van der Waals surface area contributed by atoms with Gasteiger partial charge in [-0.05, 0) is 37.5 Å². The van der Waals surface area contributed by atoms with Crippen molar-refractivity contribution in [3.05, 3.63) is 47.0 Å². The summed E-state index contributed by atoms with van der Waals surface area (Å²) in [5.74, 6) is -0.0637. The van der Waals surface area contributed by atoms with Crippen LogP contribution < -0.4 is 0 Å². The summed E-state index contributed by atoms with van der Waals surface area (Å²) in [6.45, 7) is 3.04. The second kappa shape index (κ2) is 7.74. The molecule has 1 aromatic carbocycles. The zero-order valence-corrected chi connectivity index (χ0v) is 14.4. The first-order valence-corrected chi connectivity index (χ1v) is 8.40. The van der Waals surface area contributed by atoms with Crippen LogP contribution in [0, 0.1) is 18.7 Å². The lowest BCUT2D eigenvalue weighted by molar-refractivity contribution is -0.135. The molecule has 1 aliphatic heterocycles. The van der Waals surface area contributed by atoms with Crippen LogP contribution in [0.3, 0.4) is 0 Å². The first kappa shape index (κ1) is 17.5. The van der Waals surface area contributed by atoms with Gasteiger partial charge in [0, 0.05) is 26.1 Å². The lowest BCUT2D eigenvalue weighted by Gasteiger charge is -2.38. The third kappa shape index (κ3) is 4.22. The van der Waals surface area contributed by atoms with Crippen LogP contribution in [-0.2, 0) is 22.4 Å². The van der Waals surface area contributed by atoms with Crippen molar-refractivity contribution in [2.45, 2.75) is 32.3 Å². The molecule has 2 aromatic rings. The van der Waals surface area contributed by atoms with E-state index in [2.05, 4.69) is 14.9 Å². The van der Waals surface area contributed by atoms with Crippen molar-refractivity contribution in [3.8, 4) is 0 Å². The van der Waals surface area contributed by atoms with Gasteiger partial charge in [0.2, 0.25) is 5.91 Å². The van der Waals surface area contributed by atoms with E-state index in [9.17, 15) is 9.18 Å². The molecular formula is C18H22FN3O3. The predicted octanol–water partition coefficient (Wildman–Crippen LogP) is 2.17. The van der Waals surface area contributed by atoms with Gasteiger partial charge in [0.05, 0.1) is 12.5 Å². The Hall–Kier alpha value is -2.28. The van der Waals surface area contributed by atoms with Crippen LogP contribution in [0.1, 0.15) is 23.4 Å². The molecule has 25 heavy (non-hydrogen) atoms. The Bertz CT molecular complexity index is 717. The Morgan fingerprint density at radius 1 is 1.36 bits per heavy atom. The minimum atomic E-state index is -0.246. The number of likely N-dealkylation sites (tertiary alicyclic amines) is 1. The predicted molar refractivity (Wildman–Crippen MR) is 88.3 cm³/mol. The van der Waals surface area contributed by atoms with Crippen molar-refractivity contribution in [1.82, 2.24) is 15.2 Å². The molecule has 0 unspecified atom stereocenters. The lowest BCUT2D eigenvalue weighted by atomic mass is 9.88. The summed E-state index contributed by atoms with van der Waals surface area (Å²) in [5, 5.41) is 7.49. The molecule has 6 nitrogen and oxygen atoms in total. The molecule has 2 heterocycles. The minimum absolute atomic E-state index is 0.0115. The number of piperidine rings is 1. The van der Waals surface area contributed by atoms with E-state index in [0.717, 1.165) is 18.4 Å². The van der Waals surface area contributed by atoms with Crippen LogP contribution in [0.25, 0.3) is 0 Å². The number of methoxy groups -OCH3 is 1. The van der Waals surface area contributed by atoms with Gasteiger partial charge in [-0.1, -0.05) is 22.4 Å². The molecule has 134 valence electrons. The van der Waals surface area contributed by atoms with Crippen molar-refractivity contribution < 1.29 is 18.6 Å². The van der Waals surface area contributed by atoms with E-state index in [1.807, 2.05) is 4.90 Å². The maximum absolute atomic E-state index is 13.1. The number of halogens is 1. The molecule has 2 atom stereocenters. The van der Waals surface area contributed by atoms with Crippen molar-refractivity contribution in [1.29, 1.82) is 0 Å². The summed E-state index contributed by atoms with van der Waals surface area (Å²) in [6.07, 6.45) is 1.80. The highest BCUT2D eigenvalue weighted by molar-refractivity contribution is 5.78. The molecule has 1 saturated heterocycles. The molecule has 0 N–H and O–H groups in total. The first-order valence-electron chi connectivity index (χ1n) is 8.40. The van der Waals surface area contributed by atoms with Gasteiger partial charge >= 0.3 is 0 Å². The zero-order chi connectivity index (χ0) is 17.8. The van der Waals surface area contributed by atoms with Crippen LogP contribution in [-0.4, -0.2) is 47.4 Å². The molecule has 1 amide bonds. The van der Waals surface area contributed by atoms with Crippen LogP contribution in [0.5, 0.6) is 0 Å². The van der Waals surface area contributed by atoms with Crippen LogP contribution in [0.2, 0.25) is 0 Å². The molecule has 1 fully saturated rings. The number of nitrogens with zero attached hydrogens (tertiary/aromatic N) is 3. The highest BCUT2D eigenvalue weighted by Gasteiger charge is 2.32. The molecule has 3 rings (SSSR count). The normalized spacial score (nSPS) is 20.7. The van der Waals surface area contributed by atoms with E-state index < -0.39 is 0 Å². The minimum Gasteiger partial charge on any atom is -0.381 e. The number of ether oxygens (including phenoxy) is 1. The quantitative estimate of drug-likeness (QED) is 0.829. The Morgan fingerprint density at radius 2 is 2.12 bits per heavy atom. The standard InChI is InChI=1S/C18H22FN3O3/c1-12-16(21-25-20-12)10-18(23)22-8-7-17(24-2)14(11-22)9-13-3-5-15(19)6-4-13/h3-6,14,17H,7-11H2,1-2H3/t14-,17-/m1/s1. The molecule has 0 radical (unpaired) electrons.